The van der Waals surface area contributed by atoms with Gasteiger partial charge in [-0.05, 0) is 0 Å². The normalized spacial score (nSPS) is 0. The molecule has 0 aromatic rings. The van der Waals surface area contributed by atoms with Crippen LogP contribution in [0.1, 0.15) is 0 Å². The van der Waals surface area contributed by atoms with E-state index in [0.717, 1.165) is 0 Å². The van der Waals surface area contributed by atoms with Crippen molar-refractivity contribution in [3.63, 3.8) is 0 Å². The fourth-order valence-corrected chi connectivity index (χ4v) is 0. The molecule has 0 radical (unpaired) electrons. The average Bonchev–Trinajstić information content (AvgIpc) is 0. The molecule has 2 nitrogen and oxygen atoms in total. The summed E-state index contributed by atoms with van der Waals surface area (Å²) in [6, 6.07) is 0. The first-order valence-electron chi connectivity index (χ1n) is 0. The van der Waals surface area contributed by atoms with E-state index in [4.69, 9.17) is 0 Å². The summed E-state index contributed by atoms with van der Waals surface area (Å²) >= 11 is 0. The molecule has 0 aliphatic heterocycles. The minimum absolute atomic E-state index is 0. The minimum atomic E-state index is 0. The van der Waals surface area contributed by atoms with Crippen LogP contribution in [0.25, 0.3) is 12.3 Å². The van der Waals surface area contributed by atoms with Crippen molar-refractivity contribution in [2.45, 2.75) is 0 Å². The standard InChI is InChI=1S/4ClH.2H2N.Pt/h4*1H;2*1H2;/q;;;;2*-1;/p-4. The Morgan fingerprint density at radius 2 is 0.429 bits per heavy atom. The maximum Gasteiger partial charge on any atom is 0 e. The summed E-state index contributed by atoms with van der Waals surface area (Å²) in [4.78, 5) is 0. The third kappa shape index (κ3) is 82.7. The van der Waals surface area contributed by atoms with Crippen LogP contribution in [-0.2, 0) is 21.1 Å². The molecule has 4 N–H and O–H groups in total. The van der Waals surface area contributed by atoms with Gasteiger partial charge < -0.3 is 61.9 Å². The van der Waals surface area contributed by atoms with E-state index in [1.807, 2.05) is 0 Å². The van der Waals surface area contributed by atoms with Gasteiger partial charge in [-0.2, -0.15) is 0 Å². The maximum atomic E-state index is 0. The molecule has 0 fully saturated rings. The zero-order valence-corrected chi connectivity index (χ0v) is 8.28. The first-order valence-corrected chi connectivity index (χ1v) is 0. The molecule has 0 spiro atoms. The van der Waals surface area contributed by atoms with Crippen LogP contribution >= 0.6 is 0 Å². The first kappa shape index (κ1) is 169. The Morgan fingerprint density at radius 3 is 0.429 bits per heavy atom. The number of hydrogen-bond donors (Lipinski definition) is 0. The van der Waals surface area contributed by atoms with Gasteiger partial charge in [-0.15, -0.1) is 0 Å². The minimum Gasteiger partial charge on any atom is -1.00 e. The van der Waals surface area contributed by atoms with Crippen molar-refractivity contribution in [3.05, 3.63) is 12.3 Å². The van der Waals surface area contributed by atoms with Gasteiger partial charge in [0.1, 0.15) is 0 Å². The summed E-state index contributed by atoms with van der Waals surface area (Å²) in [7, 11) is 0. The van der Waals surface area contributed by atoms with Crippen molar-refractivity contribution in [2.75, 3.05) is 0 Å². The Hall–Kier alpha value is 1.77. The van der Waals surface area contributed by atoms with Crippen molar-refractivity contribution in [1.29, 1.82) is 0 Å². The Bertz CT molecular complexity index is 9.65. The van der Waals surface area contributed by atoms with Gasteiger partial charge in [-0.1, -0.05) is 0 Å². The molecule has 0 heterocycles. The molecule has 0 unspecified atom stereocenters. The van der Waals surface area contributed by atoms with E-state index in [2.05, 4.69) is 0 Å². The molecule has 58 valence electrons. The van der Waals surface area contributed by atoms with Crippen LogP contribution in [0.5, 0.6) is 0 Å². The van der Waals surface area contributed by atoms with E-state index < -0.39 is 0 Å². The molecule has 0 aromatic carbocycles. The van der Waals surface area contributed by atoms with Crippen LogP contribution in [0.15, 0.2) is 0 Å². The van der Waals surface area contributed by atoms with Gasteiger partial charge in [-0.3, -0.25) is 0 Å². The van der Waals surface area contributed by atoms with E-state index in [1.54, 1.807) is 0 Å². The Labute approximate surface area is 82.6 Å². The molecule has 0 atom stereocenters. The summed E-state index contributed by atoms with van der Waals surface area (Å²) in [6.45, 7) is 0. The molecule has 0 saturated heterocycles. The molecule has 7 heteroatoms. The number of hydrogen-bond acceptors (Lipinski definition) is 0. The summed E-state index contributed by atoms with van der Waals surface area (Å²) in [5, 5.41) is 0. The first-order chi connectivity index (χ1) is 0. The molecule has 0 aliphatic rings. The maximum absolute atomic E-state index is 0. The monoisotopic (exact) mass is 367 g/mol. The SMILES string of the molecule is [Cl-].[Cl-].[Cl-].[Cl-].[NH2-].[NH2-].[Pt]. The van der Waals surface area contributed by atoms with E-state index in [9.17, 15) is 0 Å². The summed E-state index contributed by atoms with van der Waals surface area (Å²) in [6.07, 6.45) is 0. The molecule has 0 rings (SSSR count). The molecule has 0 amide bonds. The van der Waals surface area contributed by atoms with Gasteiger partial charge in [0.25, 0.3) is 0 Å². The molecule has 7 heavy (non-hydrogen) atoms. The fourth-order valence-electron chi connectivity index (χ4n) is 0. The predicted molar refractivity (Wildman–Crippen MR) is 10.6 cm³/mol. The third-order valence-electron chi connectivity index (χ3n) is 0. The van der Waals surface area contributed by atoms with Gasteiger partial charge in [0, 0.05) is 21.1 Å². The summed E-state index contributed by atoms with van der Waals surface area (Å²) in [5.74, 6) is 0. The smallest absolute Gasteiger partial charge is 0 e. The van der Waals surface area contributed by atoms with Crippen LogP contribution in [0.4, 0.5) is 0 Å². The Kier molecular flexibility index (Phi) is 2750. The van der Waals surface area contributed by atoms with Crippen molar-refractivity contribution >= 4 is 0 Å². The Balaban J connectivity index is 0. The molecular formula is H4Cl4N2Pt-6. The summed E-state index contributed by atoms with van der Waals surface area (Å²) in [5.41, 5.74) is 0. The van der Waals surface area contributed by atoms with E-state index >= 15 is 0 Å². The zero-order chi connectivity index (χ0) is 0. The largest absolute Gasteiger partial charge is 1.00 e. The average molecular weight is 369 g/mol. The fraction of sp³-hybridized carbons (Fsp3) is 0. The van der Waals surface area contributed by atoms with Gasteiger partial charge in [-0.25, -0.2) is 0 Å². The summed E-state index contributed by atoms with van der Waals surface area (Å²) < 4.78 is 0. The van der Waals surface area contributed by atoms with Crippen molar-refractivity contribution < 1.29 is 70.7 Å². The van der Waals surface area contributed by atoms with Crippen molar-refractivity contribution in [2.24, 2.45) is 0 Å². The molecule has 0 aromatic heterocycles. The van der Waals surface area contributed by atoms with Crippen LogP contribution in [0, 0.1) is 0 Å². The second-order valence-corrected chi connectivity index (χ2v) is 0. The van der Waals surface area contributed by atoms with E-state index in [0.29, 0.717) is 0 Å². The predicted octanol–water partition coefficient (Wildman–Crippen LogP) is -10.6. The molecular weight excluding hydrogens is 365 g/mol. The molecule has 0 bridgehead atoms. The molecule has 0 saturated carbocycles. The number of nitrogens with two attached hydrogens (primary N) is 2. The van der Waals surface area contributed by atoms with Crippen molar-refractivity contribution in [1.82, 2.24) is 0 Å². The number of rotatable bonds is 0. The van der Waals surface area contributed by atoms with Crippen LogP contribution in [0.2, 0.25) is 0 Å². The van der Waals surface area contributed by atoms with Gasteiger partial charge in [0.15, 0.2) is 0 Å². The second-order valence-electron chi connectivity index (χ2n) is 0. The van der Waals surface area contributed by atoms with Gasteiger partial charge in [0.2, 0.25) is 0 Å². The Morgan fingerprint density at radius 1 is 0.429 bits per heavy atom. The van der Waals surface area contributed by atoms with E-state index in [1.165, 1.54) is 0 Å². The number of halogens is 4. The van der Waals surface area contributed by atoms with E-state index in [-0.39, 0.29) is 83.0 Å². The van der Waals surface area contributed by atoms with Crippen LogP contribution < -0.4 is 49.6 Å². The third-order valence-corrected chi connectivity index (χ3v) is 0. The van der Waals surface area contributed by atoms with Gasteiger partial charge >= 0.3 is 0 Å². The zero-order valence-electron chi connectivity index (χ0n) is 2.98. The molecule has 0 aliphatic carbocycles. The van der Waals surface area contributed by atoms with Crippen LogP contribution in [0.3, 0.4) is 0 Å². The quantitative estimate of drug-likeness (QED) is 0.407. The topological polar surface area (TPSA) is 67.0 Å². The van der Waals surface area contributed by atoms with Crippen molar-refractivity contribution in [3.8, 4) is 0 Å². The van der Waals surface area contributed by atoms with Crippen LogP contribution in [-0.4, -0.2) is 0 Å². The second kappa shape index (κ2) is 114. The van der Waals surface area contributed by atoms with Gasteiger partial charge in [0.05, 0.1) is 0 Å².